The van der Waals surface area contributed by atoms with E-state index in [-0.39, 0.29) is 23.7 Å². The quantitative estimate of drug-likeness (QED) is 0.301. The Morgan fingerprint density at radius 1 is 1.03 bits per heavy atom. The summed E-state index contributed by atoms with van der Waals surface area (Å²) in [5, 5.41) is 12.5. The number of hydrogen-bond acceptors (Lipinski definition) is 7. The molecule has 1 fully saturated rings. The maximum absolute atomic E-state index is 12.9. The number of para-hydroxylation sites is 1. The van der Waals surface area contributed by atoms with Gasteiger partial charge in [0.2, 0.25) is 5.78 Å². The third kappa shape index (κ3) is 4.47. The summed E-state index contributed by atoms with van der Waals surface area (Å²) in [4.78, 5) is 42.1. The number of hydroxylamine groups is 1. The van der Waals surface area contributed by atoms with Crippen LogP contribution in [-0.4, -0.2) is 22.5 Å². The van der Waals surface area contributed by atoms with Gasteiger partial charge >= 0.3 is 5.97 Å². The Kier molecular flexibility index (Phi) is 5.93. The van der Waals surface area contributed by atoms with Gasteiger partial charge in [0.1, 0.15) is 0 Å². The average molecular weight is 446 g/mol. The van der Waals surface area contributed by atoms with Crippen LogP contribution >= 0.6 is 0 Å². The number of rotatable bonds is 6. The number of ketones is 1. The standard InChI is InChI=1S/C25H22N2O6/c1-17-8-10-19(11-9-17)23-16-25(18(2)28,33-26(23)21-6-4-3-5-7-21)32-24(29)20-12-14-22(15-13-20)27(30)31/h3-15,23H,16H2,1-2H3/t23-,25-/m1/s1. The third-order valence-corrected chi connectivity index (χ3v) is 5.57. The lowest BCUT2D eigenvalue weighted by Gasteiger charge is -2.27. The van der Waals surface area contributed by atoms with Gasteiger partial charge in [-0.3, -0.25) is 14.9 Å². The Labute approximate surface area is 190 Å². The van der Waals surface area contributed by atoms with Gasteiger partial charge in [0, 0.05) is 19.1 Å². The van der Waals surface area contributed by atoms with Crippen molar-refractivity contribution in [2.24, 2.45) is 0 Å². The fourth-order valence-corrected chi connectivity index (χ4v) is 3.71. The van der Waals surface area contributed by atoms with E-state index in [4.69, 9.17) is 9.57 Å². The van der Waals surface area contributed by atoms with E-state index in [0.29, 0.717) is 5.69 Å². The number of Topliss-reactive ketones (excluding diaryl/α,β-unsaturated/α-hetero) is 1. The molecule has 1 heterocycles. The van der Waals surface area contributed by atoms with Gasteiger partial charge < -0.3 is 4.74 Å². The van der Waals surface area contributed by atoms with Crippen molar-refractivity contribution in [3.05, 3.63) is 106 Å². The minimum Gasteiger partial charge on any atom is -0.419 e. The molecule has 0 N–H and O–H groups in total. The number of aryl methyl sites for hydroxylation is 1. The molecule has 1 aliphatic heterocycles. The van der Waals surface area contributed by atoms with E-state index in [2.05, 4.69) is 0 Å². The molecule has 8 heteroatoms. The van der Waals surface area contributed by atoms with E-state index in [9.17, 15) is 19.7 Å². The number of esters is 1. The predicted molar refractivity (Wildman–Crippen MR) is 120 cm³/mol. The fraction of sp³-hybridized carbons (Fsp3) is 0.200. The number of ether oxygens (including phenoxy) is 1. The molecule has 0 amide bonds. The second-order valence-electron chi connectivity index (χ2n) is 7.89. The number of non-ortho nitro benzene ring substituents is 1. The predicted octanol–water partition coefficient (Wildman–Crippen LogP) is 4.93. The van der Waals surface area contributed by atoms with Crippen LogP contribution in [-0.2, 0) is 14.4 Å². The van der Waals surface area contributed by atoms with Gasteiger partial charge in [0.25, 0.3) is 11.5 Å². The van der Waals surface area contributed by atoms with Crippen molar-refractivity contribution in [2.75, 3.05) is 5.06 Å². The summed E-state index contributed by atoms with van der Waals surface area (Å²) in [6.45, 7) is 3.29. The molecule has 0 radical (unpaired) electrons. The van der Waals surface area contributed by atoms with Crippen LogP contribution in [0.25, 0.3) is 0 Å². The SMILES string of the molecule is CC(=O)[C@@]1(OC(=O)c2ccc([N+](=O)[O-])cc2)C[C@H](c2ccc(C)cc2)N(c2ccccc2)O1. The number of nitrogens with zero attached hydrogens (tertiary/aromatic N) is 2. The Balaban J connectivity index is 1.68. The first-order valence-electron chi connectivity index (χ1n) is 10.4. The second kappa shape index (κ2) is 8.84. The molecule has 1 aliphatic rings. The average Bonchev–Trinajstić information content (AvgIpc) is 3.21. The lowest BCUT2D eigenvalue weighted by atomic mass is 9.96. The van der Waals surface area contributed by atoms with Gasteiger partial charge in [-0.05, 0) is 36.8 Å². The molecule has 3 aromatic carbocycles. The maximum atomic E-state index is 12.9. The molecule has 4 rings (SSSR count). The van der Waals surface area contributed by atoms with E-state index in [1.807, 2.05) is 61.5 Å². The zero-order valence-electron chi connectivity index (χ0n) is 18.1. The summed E-state index contributed by atoms with van der Waals surface area (Å²) in [5.74, 6) is -3.12. The number of nitro groups is 1. The summed E-state index contributed by atoms with van der Waals surface area (Å²) < 4.78 is 5.65. The van der Waals surface area contributed by atoms with Crippen LogP contribution in [0.2, 0.25) is 0 Å². The van der Waals surface area contributed by atoms with Crippen LogP contribution in [0.3, 0.4) is 0 Å². The first kappa shape index (κ1) is 22.2. The van der Waals surface area contributed by atoms with E-state index in [0.717, 1.165) is 11.1 Å². The third-order valence-electron chi connectivity index (χ3n) is 5.57. The minimum absolute atomic E-state index is 0.0786. The Morgan fingerprint density at radius 2 is 1.67 bits per heavy atom. The smallest absolute Gasteiger partial charge is 0.341 e. The summed E-state index contributed by atoms with van der Waals surface area (Å²) in [5.41, 5.74) is 2.62. The molecule has 0 saturated carbocycles. The van der Waals surface area contributed by atoms with Gasteiger partial charge in [-0.25, -0.2) is 14.7 Å². The monoisotopic (exact) mass is 446 g/mol. The van der Waals surface area contributed by atoms with Crippen molar-refractivity contribution in [1.29, 1.82) is 0 Å². The lowest BCUT2D eigenvalue weighted by Crippen LogP contribution is -2.43. The van der Waals surface area contributed by atoms with Crippen LogP contribution < -0.4 is 5.06 Å². The van der Waals surface area contributed by atoms with Gasteiger partial charge in [0.05, 0.1) is 28.6 Å². The first-order valence-corrected chi connectivity index (χ1v) is 10.4. The highest BCUT2D eigenvalue weighted by Gasteiger charge is 2.53. The van der Waals surface area contributed by atoms with Gasteiger partial charge in [-0.15, -0.1) is 0 Å². The first-order chi connectivity index (χ1) is 15.8. The lowest BCUT2D eigenvalue weighted by molar-refractivity contribution is -0.384. The topological polar surface area (TPSA) is 99.0 Å². The highest BCUT2D eigenvalue weighted by atomic mass is 16.8. The number of hydrogen-bond donors (Lipinski definition) is 0. The zero-order chi connectivity index (χ0) is 23.6. The van der Waals surface area contributed by atoms with E-state index < -0.39 is 22.5 Å². The molecule has 3 aromatic rings. The van der Waals surface area contributed by atoms with Gasteiger partial charge in [-0.2, -0.15) is 0 Å². The maximum Gasteiger partial charge on any atom is 0.341 e. The molecule has 0 unspecified atom stereocenters. The number of carbonyl (C=O) groups is 2. The van der Waals surface area contributed by atoms with E-state index in [1.54, 1.807) is 5.06 Å². The largest absolute Gasteiger partial charge is 0.419 e. The number of carbonyl (C=O) groups excluding carboxylic acids is 2. The van der Waals surface area contributed by atoms with Gasteiger partial charge in [-0.1, -0.05) is 48.0 Å². The van der Waals surface area contributed by atoms with Crippen molar-refractivity contribution in [2.45, 2.75) is 32.1 Å². The fourth-order valence-electron chi connectivity index (χ4n) is 3.71. The molecule has 0 bridgehead atoms. The molecule has 0 aliphatic carbocycles. The summed E-state index contributed by atoms with van der Waals surface area (Å²) in [7, 11) is 0. The van der Waals surface area contributed by atoms with Crippen molar-refractivity contribution in [3.63, 3.8) is 0 Å². The number of benzene rings is 3. The summed E-state index contributed by atoms with van der Waals surface area (Å²) in [6, 6.07) is 21.7. The molecular formula is C25H22N2O6. The Bertz CT molecular complexity index is 1180. The second-order valence-corrected chi connectivity index (χ2v) is 7.89. The molecular weight excluding hydrogens is 424 g/mol. The summed E-state index contributed by atoms with van der Waals surface area (Å²) in [6.07, 6.45) is 0.0824. The minimum atomic E-state index is -1.84. The van der Waals surface area contributed by atoms with Crippen LogP contribution in [0.1, 0.15) is 40.9 Å². The van der Waals surface area contributed by atoms with Crippen molar-refractivity contribution in [1.82, 2.24) is 0 Å². The van der Waals surface area contributed by atoms with Gasteiger partial charge in [0.15, 0.2) is 0 Å². The Morgan fingerprint density at radius 3 is 2.24 bits per heavy atom. The number of anilines is 1. The molecule has 33 heavy (non-hydrogen) atoms. The molecule has 8 nitrogen and oxygen atoms in total. The van der Waals surface area contributed by atoms with Crippen molar-refractivity contribution >= 4 is 23.1 Å². The van der Waals surface area contributed by atoms with Crippen LogP contribution in [0.5, 0.6) is 0 Å². The van der Waals surface area contributed by atoms with Crippen LogP contribution in [0.4, 0.5) is 11.4 Å². The van der Waals surface area contributed by atoms with Crippen LogP contribution in [0.15, 0.2) is 78.9 Å². The van der Waals surface area contributed by atoms with Crippen LogP contribution in [0, 0.1) is 17.0 Å². The Hall–Kier alpha value is -4.04. The molecule has 1 saturated heterocycles. The molecule has 168 valence electrons. The molecule has 0 spiro atoms. The van der Waals surface area contributed by atoms with Crippen molar-refractivity contribution < 1.29 is 24.1 Å². The number of nitro benzene ring substituents is 1. The highest BCUT2D eigenvalue weighted by Crippen LogP contribution is 2.44. The van der Waals surface area contributed by atoms with E-state index >= 15 is 0 Å². The van der Waals surface area contributed by atoms with Crippen molar-refractivity contribution in [3.8, 4) is 0 Å². The molecule has 0 aromatic heterocycles. The summed E-state index contributed by atoms with van der Waals surface area (Å²) >= 11 is 0. The zero-order valence-corrected chi connectivity index (χ0v) is 18.1. The normalized spacial score (nSPS) is 19.8. The van der Waals surface area contributed by atoms with E-state index in [1.165, 1.54) is 31.2 Å². The molecule has 2 atom stereocenters. The highest BCUT2D eigenvalue weighted by molar-refractivity contribution is 5.94.